The lowest BCUT2D eigenvalue weighted by Gasteiger charge is -2.10. The van der Waals surface area contributed by atoms with Crippen LogP contribution in [-0.4, -0.2) is 26.6 Å². The third-order valence-corrected chi connectivity index (χ3v) is 4.91. The molecule has 0 unspecified atom stereocenters. The third kappa shape index (κ3) is 3.20. The largest absolute Gasteiger partial charge is 0.279 e. The van der Waals surface area contributed by atoms with Crippen molar-refractivity contribution in [2.45, 2.75) is 9.92 Å². The number of aryl methyl sites for hydroxylation is 1. The quantitative estimate of drug-likeness (QED) is 0.815. The predicted octanol–water partition coefficient (Wildman–Crippen LogP) is 0.00740. The lowest BCUT2D eigenvalue weighted by Crippen LogP contribution is -2.18. The normalized spacial score (nSPS) is 12.3. The minimum absolute atomic E-state index is 0.206. The second-order valence-electron chi connectivity index (χ2n) is 4.09. The summed E-state index contributed by atoms with van der Waals surface area (Å²) in [5.41, 5.74) is -0.525. The number of primary sulfonamides is 1. The molecule has 2 rings (SSSR count). The van der Waals surface area contributed by atoms with Crippen molar-refractivity contribution in [3.63, 3.8) is 0 Å². The molecule has 1 aromatic heterocycles. The van der Waals surface area contributed by atoms with E-state index in [1.807, 2.05) is 4.72 Å². The summed E-state index contributed by atoms with van der Waals surface area (Å²) < 4.78 is 63.2. The average Bonchev–Trinajstić information content (AvgIpc) is 2.77. The molecule has 0 radical (unpaired) electrons. The summed E-state index contributed by atoms with van der Waals surface area (Å²) in [4.78, 5) is -0.411. The Bertz CT molecular complexity index is 890. The molecule has 21 heavy (non-hydrogen) atoms. The van der Waals surface area contributed by atoms with E-state index in [1.54, 1.807) is 0 Å². The number of hydrogen-bond donors (Lipinski definition) is 2. The molecule has 0 aliphatic carbocycles. The molecule has 1 aromatic carbocycles. The van der Waals surface area contributed by atoms with Crippen LogP contribution in [0.5, 0.6) is 0 Å². The maximum atomic E-state index is 13.6. The van der Waals surface area contributed by atoms with Crippen LogP contribution >= 0.6 is 0 Å². The topological polar surface area (TPSA) is 124 Å². The summed E-state index contributed by atoms with van der Waals surface area (Å²) in [5.74, 6) is -0.937. The molecule has 0 aliphatic rings. The molecule has 0 amide bonds. The molecule has 11 heteroatoms. The molecule has 114 valence electrons. The first-order valence-corrected chi connectivity index (χ1v) is 8.47. The summed E-state index contributed by atoms with van der Waals surface area (Å²) in [6.07, 6.45) is 1.26. The van der Waals surface area contributed by atoms with Crippen molar-refractivity contribution in [1.29, 1.82) is 0 Å². The molecular formula is C10H11FN4O4S2. The lowest BCUT2D eigenvalue weighted by atomic mass is 10.3. The Morgan fingerprint density at radius 2 is 1.90 bits per heavy atom. The molecule has 0 saturated heterocycles. The highest BCUT2D eigenvalue weighted by Crippen LogP contribution is 2.22. The Morgan fingerprint density at radius 1 is 1.24 bits per heavy atom. The smallest absolute Gasteiger partial charge is 0.275 e. The Kier molecular flexibility index (Phi) is 3.74. The van der Waals surface area contributed by atoms with Crippen molar-refractivity contribution in [3.8, 4) is 0 Å². The number of nitrogens with one attached hydrogen (secondary N) is 1. The maximum Gasteiger partial charge on any atom is 0.279 e. The summed E-state index contributed by atoms with van der Waals surface area (Å²) in [7, 11) is -6.79. The molecule has 3 N–H and O–H groups in total. The van der Waals surface area contributed by atoms with Crippen molar-refractivity contribution in [2.24, 2.45) is 12.2 Å². The number of sulfonamides is 2. The van der Waals surface area contributed by atoms with Crippen molar-refractivity contribution in [1.82, 2.24) is 9.78 Å². The van der Waals surface area contributed by atoms with Crippen molar-refractivity contribution in [2.75, 3.05) is 4.72 Å². The molecule has 1 heterocycles. The summed E-state index contributed by atoms with van der Waals surface area (Å²) in [6.45, 7) is 0. The standard InChI is InChI=1S/C10H11FN4O4S2/c1-15-10(4-5-13-15)21(18,19)14-9-6-7(20(12,16)17)2-3-8(9)11/h2-6,14H,1H3,(H2,12,16,17). The zero-order chi connectivity index (χ0) is 15.8. The van der Waals surface area contributed by atoms with Crippen LogP contribution in [0.4, 0.5) is 10.1 Å². The van der Waals surface area contributed by atoms with Crippen LogP contribution in [-0.2, 0) is 27.1 Å². The average molecular weight is 334 g/mol. The van der Waals surface area contributed by atoms with E-state index >= 15 is 0 Å². The molecule has 2 aromatic rings. The molecule has 0 fully saturated rings. The fourth-order valence-corrected chi connectivity index (χ4v) is 3.31. The van der Waals surface area contributed by atoms with Crippen LogP contribution in [0.3, 0.4) is 0 Å². The van der Waals surface area contributed by atoms with E-state index in [1.165, 1.54) is 19.3 Å². The third-order valence-electron chi connectivity index (χ3n) is 2.56. The number of rotatable bonds is 4. The second-order valence-corrected chi connectivity index (χ2v) is 7.28. The summed E-state index contributed by atoms with van der Waals surface area (Å²) >= 11 is 0. The van der Waals surface area contributed by atoms with Gasteiger partial charge in [0.15, 0.2) is 5.03 Å². The molecule has 0 bridgehead atoms. The van der Waals surface area contributed by atoms with Crippen molar-refractivity contribution < 1.29 is 21.2 Å². The highest BCUT2D eigenvalue weighted by Gasteiger charge is 2.21. The van der Waals surface area contributed by atoms with Gasteiger partial charge in [-0.15, -0.1) is 0 Å². The Balaban J connectivity index is 2.47. The number of hydrogen-bond acceptors (Lipinski definition) is 5. The summed E-state index contributed by atoms with van der Waals surface area (Å²) in [5, 5.41) is 8.40. The fourth-order valence-electron chi connectivity index (χ4n) is 1.58. The predicted molar refractivity (Wildman–Crippen MR) is 71.8 cm³/mol. The Hall–Kier alpha value is -1.98. The Labute approximate surface area is 120 Å². The van der Waals surface area contributed by atoms with Gasteiger partial charge in [0, 0.05) is 7.05 Å². The molecule has 0 saturated carbocycles. The van der Waals surface area contributed by atoms with Gasteiger partial charge in [-0.25, -0.2) is 17.9 Å². The minimum atomic E-state index is -4.11. The number of anilines is 1. The fraction of sp³-hybridized carbons (Fsp3) is 0.100. The van der Waals surface area contributed by atoms with Gasteiger partial charge < -0.3 is 0 Å². The second kappa shape index (κ2) is 5.09. The van der Waals surface area contributed by atoms with Crippen LogP contribution in [0.25, 0.3) is 0 Å². The van der Waals surface area contributed by atoms with Crippen LogP contribution in [0.1, 0.15) is 0 Å². The van der Waals surface area contributed by atoms with Crippen molar-refractivity contribution in [3.05, 3.63) is 36.3 Å². The highest BCUT2D eigenvalue weighted by molar-refractivity contribution is 7.92. The first kappa shape index (κ1) is 15.4. The molecular weight excluding hydrogens is 323 g/mol. The zero-order valence-electron chi connectivity index (χ0n) is 10.7. The van der Waals surface area contributed by atoms with E-state index in [2.05, 4.69) is 5.10 Å². The number of halogens is 1. The zero-order valence-corrected chi connectivity index (χ0v) is 12.3. The van der Waals surface area contributed by atoms with Gasteiger partial charge in [-0.05, 0) is 24.3 Å². The van der Waals surface area contributed by atoms with Crippen molar-refractivity contribution >= 4 is 25.7 Å². The van der Waals surface area contributed by atoms with Crippen LogP contribution in [0.2, 0.25) is 0 Å². The maximum absolute atomic E-state index is 13.6. The van der Waals surface area contributed by atoms with E-state index in [0.717, 1.165) is 22.9 Å². The van der Waals surface area contributed by atoms with E-state index in [9.17, 15) is 21.2 Å². The van der Waals surface area contributed by atoms with Gasteiger partial charge in [-0.3, -0.25) is 9.40 Å². The van der Waals surface area contributed by atoms with Gasteiger partial charge in [-0.2, -0.15) is 13.5 Å². The van der Waals surface area contributed by atoms with Gasteiger partial charge in [0.05, 0.1) is 16.8 Å². The van der Waals surface area contributed by atoms with Crippen LogP contribution in [0, 0.1) is 5.82 Å². The number of nitrogens with two attached hydrogens (primary N) is 1. The molecule has 0 spiro atoms. The van der Waals surface area contributed by atoms with Gasteiger partial charge in [0.2, 0.25) is 10.0 Å². The first-order valence-electron chi connectivity index (χ1n) is 5.44. The molecule has 0 aliphatic heterocycles. The van der Waals surface area contributed by atoms with E-state index in [-0.39, 0.29) is 5.03 Å². The summed E-state index contributed by atoms with van der Waals surface area (Å²) in [6, 6.07) is 3.76. The first-order chi connectivity index (χ1) is 9.61. The van der Waals surface area contributed by atoms with Gasteiger partial charge >= 0.3 is 0 Å². The number of benzene rings is 1. The van der Waals surface area contributed by atoms with Gasteiger partial charge in [-0.1, -0.05) is 0 Å². The highest BCUT2D eigenvalue weighted by atomic mass is 32.2. The SMILES string of the molecule is Cn1nccc1S(=O)(=O)Nc1cc(S(N)(=O)=O)ccc1F. The van der Waals surface area contributed by atoms with E-state index < -0.39 is 36.4 Å². The number of nitrogens with zero attached hydrogens (tertiary/aromatic N) is 2. The monoisotopic (exact) mass is 334 g/mol. The van der Waals surface area contributed by atoms with Gasteiger partial charge in [0.1, 0.15) is 5.82 Å². The van der Waals surface area contributed by atoms with Crippen LogP contribution < -0.4 is 9.86 Å². The number of aromatic nitrogens is 2. The lowest BCUT2D eigenvalue weighted by molar-refractivity contribution is 0.579. The van der Waals surface area contributed by atoms with E-state index in [4.69, 9.17) is 5.14 Å². The Morgan fingerprint density at radius 3 is 2.43 bits per heavy atom. The minimum Gasteiger partial charge on any atom is -0.275 e. The molecule has 0 atom stereocenters. The van der Waals surface area contributed by atoms with E-state index in [0.29, 0.717) is 0 Å². The van der Waals surface area contributed by atoms with Gasteiger partial charge in [0.25, 0.3) is 10.0 Å². The molecule has 8 nitrogen and oxygen atoms in total. The van der Waals surface area contributed by atoms with Crippen LogP contribution in [0.15, 0.2) is 40.4 Å².